The van der Waals surface area contributed by atoms with Crippen molar-refractivity contribution < 1.29 is 13.5 Å². The maximum atomic E-state index is 12.4. The van der Waals surface area contributed by atoms with Gasteiger partial charge < -0.3 is 10.8 Å². The molecule has 1 saturated heterocycles. The molecule has 3 N–H and O–H groups in total. The van der Waals surface area contributed by atoms with E-state index >= 15 is 0 Å². The number of aliphatic hydroxyl groups is 1. The van der Waals surface area contributed by atoms with Gasteiger partial charge in [0.1, 0.15) is 0 Å². The Labute approximate surface area is 114 Å². The van der Waals surface area contributed by atoms with Gasteiger partial charge in [-0.25, -0.2) is 8.42 Å². The van der Waals surface area contributed by atoms with Crippen LogP contribution in [0.5, 0.6) is 0 Å². The predicted molar refractivity (Wildman–Crippen MR) is 74.8 cm³/mol. The summed E-state index contributed by atoms with van der Waals surface area (Å²) in [5.74, 6) is 0.127. The molecular weight excluding hydrogens is 264 g/mol. The van der Waals surface area contributed by atoms with Crippen molar-refractivity contribution in [1.82, 2.24) is 4.31 Å². The largest absolute Gasteiger partial charge is 0.399 e. The summed E-state index contributed by atoms with van der Waals surface area (Å²) >= 11 is 0. The van der Waals surface area contributed by atoms with Crippen molar-refractivity contribution in [2.24, 2.45) is 5.92 Å². The molecular formula is C13H20N2O3S. The first kappa shape index (κ1) is 14.3. The van der Waals surface area contributed by atoms with E-state index in [4.69, 9.17) is 5.73 Å². The summed E-state index contributed by atoms with van der Waals surface area (Å²) in [6.45, 7) is 2.32. The molecule has 0 aromatic heterocycles. The Morgan fingerprint density at radius 1 is 1.47 bits per heavy atom. The predicted octanol–water partition coefficient (Wildman–Crippen LogP) is 0.801. The Morgan fingerprint density at radius 3 is 2.84 bits per heavy atom. The Balaban J connectivity index is 2.19. The van der Waals surface area contributed by atoms with E-state index in [2.05, 4.69) is 0 Å². The van der Waals surface area contributed by atoms with E-state index in [1.54, 1.807) is 24.3 Å². The van der Waals surface area contributed by atoms with Crippen molar-refractivity contribution in [2.45, 2.75) is 25.1 Å². The van der Waals surface area contributed by atoms with Gasteiger partial charge in [-0.3, -0.25) is 0 Å². The molecule has 1 heterocycles. The second kappa shape index (κ2) is 5.48. The normalized spacial score (nSPS) is 24.7. The third-order valence-electron chi connectivity index (χ3n) is 3.68. The fourth-order valence-corrected chi connectivity index (χ4v) is 4.40. The smallest absolute Gasteiger partial charge is 0.218 e. The van der Waals surface area contributed by atoms with Gasteiger partial charge in [0.15, 0.2) is 0 Å². The van der Waals surface area contributed by atoms with Crippen LogP contribution in [0.2, 0.25) is 0 Å². The van der Waals surface area contributed by atoms with E-state index in [1.807, 2.05) is 6.92 Å². The number of aliphatic hydroxyl groups excluding tert-OH is 1. The van der Waals surface area contributed by atoms with Gasteiger partial charge in [0.05, 0.1) is 18.4 Å². The quantitative estimate of drug-likeness (QED) is 0.801. The molecule has 0 amide bonds. The van der Waals surface area contributed by atoms with Crippen molar-refractivity contribution in [2.75, 3.05) is 18.9 Å². The second-order valence-electron chi connectivity index (χ2n) is 5.13. The van der Waals surface area contributed by atoms with Gasteiger partial charge in [0.25, 0.3) is 0 Å². The average molecular weight is 284 g/mol. The maximum absolute atomic E-state index is 12.4. The van der Waals surface area contributed by atoms with E-state index in [-0.39, 0.29) is 24.3 Å². The topological polar surface area (TPSA) is 83.6 Å². The lowest BCUT2D eigenvalue weighted by atomic mass is 10.0. The SMILES string of the molecule is CC1CCN(S(=O)(=O)Cc2cccc(N)c2)C1CO. The molecule has 0 spiro atoms. The van der Waals surface area contributed by atoms with Crippen LogP contribution in [0.4, 0.5) is 5.69 Å². The van der Waals surface area contributed by atoms with Crippen LogP contribution in [0, 0.1) is 5.92 Å². The summed E-state index contributed by atoms with van der Waals surface area (Å²) in [7, 11) is -3.41. The minimum absolute atomic E-state index is 0.0682. The minimum Gasteiger partial charge on any atom is -0.399 e. The molecule has 0 saturated carbocycles. The zero-order valence-corrected chi connectivity index (χ0v) is 11.8. The lowest BCUT2D eigenvalue weighted by molar-refractivity contribution is 0.191. The van der Waals surface area contributed by atoms with Crippen LogP contribution in [0.15, 0.2) is 24.3 Å². The molecule has 6 heteroatoms. The maximum Gasteiger partial charge on any atom is 0.218 e. The number of rotatable bonds is 4. The monoisotopic (exact) mass is 284 g/mol. The summed E-state index contributed by atoms with van der Waals surface area (Å²) < 4.78 is 26.2. The Hall–Kier alpha value is -1.11. The highest BCUT2D eigenvalue weighted by molar-refractivity contribution is 7.88. The molecule has 5 nitrogen and oxygen atoms in total. The van der Waals surface area contributed by atoms with Crippen LogP contribution in [-0.4, -0.2) is 37.0 Å². The van der Waals surface area contributed by atoms with Gasteiger partial charge in [-0.2, -0.15) is 4.31 Å². The van der Waals surface area contributed by atoms with Gasteiger partial charge in [-0.05, 0) is 30.0 Å². The summed E-state index contributed by atoms with van der Waals surface area (Å²) in [6, 6.07) is 6.60. The number of benzene rings is 1. The van der Waals surface area contributed by atoms with Crippen LogP contribution in [0.1, 0.15) is 18.9 Å². The molecule has 1 aliphatic rings. The average Bonchev–Trinajstić information content (AvgIpc) is 2.70. The number of nitrogen functional groups attached to an aromatic ring is 1. The summed E-state index contributed by atoms with van der Waals surface area (Å²) in [5.41, 5.74) is 6.89. The number of anilines is 1. The van der Waals surface area contributed by atoms with Crippen LogP contribution in [0.25, 0.3) is 0 Å². The highest BCUT2D eigenvalue weighted by Gasteiger charge is 2.38. The molecule has 0 radical (unpaired) electrons. The number of hydrogen-bond acceptors (Lipinski definition) is 4. The standard InChI is InChI=1S/C13H20N2O3S/c1-10-5-6-15(13(10)8-16)19(17,18)9-11-3-2-4-12(14)7-11/h2-4,7,10,13,16H,5-6,8-9,14H2,1H3. The fraction of sp³-hybridized carbons (Fsp3) is 0.538. The molecule has 0 bridgehead atoms. The van der Waals surface area contributed by atoms with E-state index in [1.165, 1.54) is 4.31 Å². The van der Waals surface area contributed by atoms with Gasteiger partial charge in [0.2, 0.25) is 10.0 Å². The van der Waals surface area contributed by atoms with Crippen LogP contribution in [0.3, 0.4) is 0 Å². The number of sulfonamides is 1. The molecule has 1 aliphatic heterocycles. The van der Waals surface area contributed by atoms with Crippen LogP contribution in [-0.2, 0) is 15.8 Å². The number of hydrogen-bond donors (Lipinski definition) is 2. The third kappa shape index (κ3) is 3.08. The first-order valence-electron chi connectivity index (χ1n) is 6.39. The van der Waals surface area contributed by atoms with Gasteiger partial charge in [-0.1, -0.05) is 19.1 Å². The fourth-order valence-electron chi connectivity index (χ4n) is 2.57. The molecule has 0 aliphatic carbocycles. The van der Waals surface area contributed by atoms with Crippen molar-refractivity contribution in [3.8, 4) is 0 Å². The zero-order chi connectivity index (χ0) is 14.0. The van der Waals surface area contributed by atoms with Gasteiger partial charge in [0, 0.05) is 12.2 Å². The third-order valence-corrected chi connectivity index (χ3v) is 5.54. The second-order valence-corrected chi connectivity index (χ2v) is 7.05. The highest BCUT2D eigenvalue weighted by atomic mass is 32.2. The Kier molecular flexibility index (Phi) is 4.13. The molecule has 2 rings (SSSR count). The molecule has 106 valence electrons. The van der Waals surface area contributed by atoms with Crippen molar-refractivity contribution in [1.29, 1.82) is 0 Å². The first-order chi connectivity index (χ1) is 8.94. The van der Waals surface area contributed by atoms with Crippen molar-refractivity contribution in [3.05, 3.63) is 29.8 Å². The lowest BCUT2D eigenvalue weighted by Gasteiger charge is -2.24. The van der Waals surface area contributed by atoms with E-state index in [0.717, 1.165) is 6.42 Å². The molecule has 1 fully saturated rings. The lowest BCUT2D eigenvalue weighted by Crippen LogP contribution is -2.40. The number of nitrogens with two attached hydrogens (primary N) is 1. The first-order valence-corrected chi connectivity index (χ1v) is 8.00. The van der Waals surface area contributed by atoms with Crippen molar-refractivity contribution >= 4 is 15.7 Å². The highest BCUT2D eigenvalue weighted by Crippen LogP contribution is 2.28. The van der Waals surface area contributed by atoms with E-state index in [0.29, 0.717) is 17.8 Å². The number of nitrogens with zero attached hydrogens (tertiary/aromatic N) is 1. The Bertz CT molecular complexity index is 545. The zero-order valence-electron chi connectivity index (χ0n) is 11.0. The molecule has 2 unspecified atom stereocenters. The molecule has 1 aromatic carbocycles. The summed E-state index contributed by atoms with van der Waals surface area (Å²) in [4.78, 5) is 0. The molecule has 1 aromatic rings. The Morgan fingerprint density at radius 2 is 2.21 bits per heavy atom. The molecule has 2 atom stereocenters. The summed E-state index contributed by atoms with van der Waals surface area (Å²) in [6.07, 6.45) is 0.793. The van der Waals surface area contributed by atoms with E-state index < -0.39 is 10.0 Å². The van der Waals surface area contributed by atoms with Gasteiger partial charge >= 0.3 is 0 Å². The molecule has 19 heavy (non-hydrogen) atoms. The van der Waals surface area contributed by atoms with E-state index in [9.17, 15) is 13.5 Å². The van der Waals surface area contributed by atoms with Crippen LogP contribution >= 0.6 is 0 Å². The summed E-state index contributed by atoms with van der Waals surface area (Å²) in [5, 5.41) is 9.35. The van der Waals surface area contributed by atoms with Crippen molar-refractivity contribution in [3.63, 3.8) is 0 Å². The van der Waals surface area contributed by atoms with Gasteiger partial charge in [-0.15, -0.1) is 0 Å². The van der Waals surface area contributed by atoms with Crippen LogP contribution < -0.4 is 5.73 Å². The minimum atomic E-state index is -3.41.